The second-order valence-corrected chi connectivity index (χ2v) is 9.31. The van der Waals surface area contributed by atoms with Crippen molar-refractivity contribution in [2.45, 2.75) is 51.3 Å². The summed E-state index contributed by atoms with van der Waals surface area (Å²) in [5.41, 5.74) is 0. The fourth-order valence-electron chi connectivity index (χ4n) is 2.26. The number of carboxylic acids is 1. The molecule has 1 aliphatic rings. The Kier molecular flexibility index (Phi) is 5.01. The molecule has 0 amide bonds. The molecule has 1 N–H and O–H groups in total. The predicted octanol–water partition coefficient (Wildman–Crippen LogP) is 1.38. The van der Waals surface area contributed by atoms with Gasteiger partial charge in [-0.1, -0.05) is 6.92 Å². The van der Waals surface area contributed by atoms with Gasteiger partial charge in [-0.2, -0.15) is 0 Å². The normalized spacial score (nSPS) is 26.3. The fourth-order valence-corrected chi connectivity index (χ4v) is 3.35. The summed E-state index contributed by atoms with van der Waals surface area (Å²) in [6.45, 7) is 8.04. The third-order valence-electron chi connectivity index (χ3n) is 3.84. The van der Waals surface area contributed by atoms with Gasteiger partial charge < -0.3 is 5.11 Å². The van der Waals surface area contributed by atoms with E-state index in [1.165, 1.54) is 0 Å². The van der Waals surface area contributed by atoms with Gasteiger partial charge in [-0.25, -0.2) is 8.42 Å². The average Bonchev–Trinajstić information content (AvgIpc) is 2.25. The van der Waals surface area contributed by atoms with Crippen molar-refractivity contribution in [2.75, 3.05) is 18.8 Å². The first-order chi connectivity index (χ1) is 8.54. The minimum Gasteiger partial charge on any atom is -0.480 e. The second kappa shape index (κ2) is 5.79. The Labute approximate surface area is 115 Å². The van der Waals surface area contributed by atoms with Gasteiger partial charge in [0.05, 0.1) is 10.5 Å². The number of carboxylic acid groups (broad SMARTS) is 1. The van der Waals surface area contributed by atoms with E-state index in [4.69, 9.17) is 0 Å². The highest BCUT2D eigenvalue weighted by molar-refractivity contribution is 7.92. The van der Waals surface area contributed by atoms with E-state index in [-0.39, 0.29) is 5.75 Å². The van der Waals surface area contributed by atoms with Crippen LogP contribution >= 0.6 is 0 Å². The fraction of sp³-hybridized carbons (Fsp3) is 0.923. The molecule has 0 aliphatic carbocycles. The lowest BCUT2D eigenvalue weighted by molar-refractivity contribution is -0.145. The van der Waals surface area contributed by atoms with Crippen LogP contribution in [-0.2, 0) is 14.6 Å². The van der Waals surface area contributed by atoms with Gasteiger partial charge in [0, 0.05) is 6.54 Å². The summed E-state index contributed by atoms with van der Waals surface area (Å²) in [6.07, 6.45) is 1.53. The molecule has 0 radical (unpaired) electrons. The van der Waals surface area contributed by atoms with Crippen LogP contribution in [0.4, 0.5) is 0 Å². The number of hydrogen-bond donors (Lipinski definition) is 1. The predicted molar refractivity (Wildman–Crippen MR) is 74.9 cm³/mol. The quantitative estimate of drug-likeness (QED) is 0.847. The number of rotatable bonds is 4. The Bertz CT molecular complexity index is 424. The number of hydrogen-bond acceptors (Lipinski definition) is 4. The summed E-state index contributed by atoms with van der Waals surface area (Å²) in [6, 6.07) is -0.543. The first-order valence-corrected chi connectivity index (χ1v) is 8.39. The summed E-state index contributed by atoms with van der Waals surface area (Å²) < 4.78 is 23.3. The summed E-state index contributed by atoms with van der Waals surface area (Å²) in [5, 5.41) is 9.22. The Hall–Kier alpha value is -0.620. The molecular weight excluding hydrogens is 266 g/mol. The van der Waals surface area contributed by atoms with Crippen LogP contribution in [0.2, 0.25) is 0 Å². The van der Waals surface area contributed by atoms with Crippen LogP contribution < -0.4 is 0 Å². The van der Waals surface area contributed by atoms with Crippen molar-refractivity contribution in [3.63, 3.8) is 0 Å². The highest BCUT2D eigenvalue weighted by Gasteiger charge is 2.34. The smallest absolute Gasteiger partial charge is 0.320 e. The number of aliphatic carboxylic acids is 1. The molecule has 0 aromatic heterocycles. The summed E-state index contributed by atoms with van der Waals surface area (Å²) in [7, 11) is -3.19. The van der Waals surface area contributed by atoms with E-state index >= 15 is 0 Å². The SMILES string of the molecule is CC1CCN(CCS(=O)(=O)C(C)(C)C)C(C(=O)O)C1. The molecule has 19 heavy (non-hydrogen) atoms. The van der Waals surface area contributed by atoms with Crippen molar-refractivity contribution in [1.29, 1.82) is 0 Å². The summed E-state index contributed by atoms with van der Waals surface area (Å²) in [5.74, 6) is -0.439. The number of sulfone groups is 1. The van der Waals surface area contributed by atoms with Crippen LogP contribution in [0.25, 0.3) is 0 Å². The zero-order valence-corrected chi connectivity index (χ0v) is 13.0. The second-order valence-electron chi connectivity index (χ2n) is 6.45. The third kappa shape index (κ3) is 4.18. The molecule has 0 aromatic rings. The van der Waals surface area contributed by atoms with E-state index < -0.39 is 26.6 Å². The van der Waals surface area contributed by atoms with Crippen molar-refractivity contribution < 1.29 is 18.3 Å². The minimum atomic E-state index is -3.19. The number of piperidine rings is 1. The zero-order valence-electron chi connectivity index (χ0n) is 12.2. The van der Waals surface area contributed by atoms with E-state index in [2.05, 4.69) is 0 Å². The van der Waals surface area contributed by atoms with Gasteiger partial charge in [0.1, 0.15) is 6.04 Å². The molecule has 6 heteroatoms. The maximum absolute atomic E-state index is 12.1. The first kappa shape index (κ1) is 16.4. The average molecular weight is 291 g/mol. The number of carbonyl (C=O) groups is 1. The van der Waals surface area contributed by atoms with Crippen molar-refractivity contribution in [1.82, 2.24) is 4.90 Å². The third-order valence-corrected chi connectivity index (χ3v) is 6.43. The zero-order chi connectivity index (χ0) is 14.8. The molecule has 2 atom stereocenters. The minimum absolute atomic E-state index is 0.0225. The van der Waals surface area contributed by atoms with Crippen molar-refractivity contribution in [3.05, 3.63) is 0 Å². The highest BCUT2D eigenvalue weighted by atomic mass is 32.2. The van der Waals surface area contributed by atoms with Gasteiger partial charge in [-0.15, -0.1) is 0 Å². The molecule has 1 heterocycles. The largest absolute Gasteiger partial charge is 0.480 e. The molecule has 1 aliphatic heterocycles. The molecule has 1 saturated heterocycles. The van der Waals surface area contributed by atoms with E-state index in [9.17, 15) is 18.3 Å². The molecule has 0 aromatic carbocycles. The van der Waals surface area contributed by atoms with Crippen LogP contribution in [-0.4, -0.2) is 54.0 Å². The number of likely N-dealkylation sites (tertiary alicyclic amines) is 1. The van der Waals surface area contributed by atoms with Crippen LogP contribution in [0.1, 0.15) is 40.5 Å². The van der Waals surface area contributed by atoms with Gasteiger partial charge in [-0.3, -0.25) is 9.69 Å². The van der Waals surface area contributed by atoms with E-state index in [1.807, 2.05) is 6.92 Å². The lowest BCUT2D eigenvalue weighted by Gasteiger charge is -2.36. The molecular formula is C13H25NO4S. The summed E-state index contributed by atoms with van der Waals surface area (Å²) >= 11 is 0. The van der Waals surface area contributed by atoms with Gasteiger partial charge in [-0.05, 0) is 46.1 Å². The molecule has 0 saturated carbocycles. The van der Waals surface area contributed by atoms with Gasteiger partial charge in [0.25, 0.3) is 0 Å². The topological polar surface area (TPSA) is 74.7 Å². The monoisotopic (exact) mass is 291 g/mol. The highest BCUT2D eigenvalue weighted by Crippen LogP contribution is 2.23. The lowest BCUT2D eigenvalue weighted by atomic mass is 9.92. The maximum atomic E-state index is 12.1. The Balaban J connectivity index is 2.68. The standard InChI is InChI=1S/C13H25NO4S/c1-10-5-6-14(11(9-10)12(15)16)7-8-19(17,18)13(2,3)4/h10-11H,5-9H2,1-4H3,(H,15,16). The van der Waals surface area contributed by atoms with Crippen LogP contribution in [0.3, 0.4) is 0 Å². The molecule has 5 nitrogen and oxygen atoms in total. The maximum Gasteiger partial charge on any atom is 0.320 e. The van der Waals surface area contributed by atoms with Crippen LogP contribution in [0.5, 0.6) is 0 Å². The Morgan fingerprint density at radius 2 is 1.95 bits per heavy atom. The van der Waals surface area contributed by atoms with Crippen molar-refractivity contribution >= 4 is 15.8 Å². The van der Waals surface area contributed by atoms with Crippen LogP contribution in [0.15, 0.2) is 0 Å². The summed E-state index contributed by atoms with van der Waals surface area (Å²) in [4.78, 5) is 13.0. The van der Waals surface area contributed by atoms with Crippen LogP contribution in [0, 0.1) is 5.92 Å². The lowest BCUT2D eigenvalue weighted by Crippen LogP contribution is -2.49. The van der Waals surface area contributed by atoms with Crippen molar-refractivity contribution in [3.8, 4) is 0 Å². The molecule has 112 valence electrons. The number of nitrogens with zero attached hydrogens (tertiary/aromatic N) is 1. The van der Waals surface area contributed by atoms with Gasteiger partial charge in [0.15, 0.2) is 9.84 Å². The van der Waals surface area contributed by atoms with Gasteiger partial charge in [0.2, 0.25) is 0 Å². The Morgan fingerprint density at radius 1 is 1.37 bits per heavy atom. The molecule has 1 fully saturated rings. The van der Waals surface area contributed by atoms with Crippen molar-refractivity contribution in [2.24, 2.45) is 5.92 Å². The molecule has 1 rings (SSSR count). The van der Waals surface area contributed by atoms with Gasteiger partial charge >= 0.3 is 5.97 Å². The molecule has 0 bridgehead atoms. The Morgan fingerprint density at radius 3 is 2.42 bits per heavy atom. The van der Waals surface area contributed by atoms with E-state index in [1.54, 1.807) is 25.7 Å². The molecule has 0 spiro atoms. The van der Waals surface area contributed by atoms with E-state index in [0.29, 0.717) is 25.4 Å². The van der Waals surface area contributed by atoms with E-state index in [0.717, 1.165) is 6.42 Å². The first-order valence-electron chi connectivity index (χ1n) is 6.74. The molecule has 2 unspecified atom stereocenters.